The van der Waals surface area contributed by atoms with Gasteiger partial charge in [-0.2, -0.15) is 0 Å². The van der Waals surface area contributed by atoms with Crippen LogP contribution in [0.4, 0.5) is 5.69 Å². The standard InChI is InChI=1S/C11H17NO2/c1-3-12(7-8-13)10-5-4-6-11(9-10)14-2/h4-6,9,13H,3,7-8H2,1-2H3. The number of hydrogen-bond donors (Lipinski definition) is 1. The molecule has 0 fully saturated rings. The third kappa shape index (κ3) is 2.64. The minimum atomic E-state index is 0.172. The van der Waals surface area contributed by atoms with E-state index in [-0.39, 0.29) is 6.61 Å². The van der Waals surface area contributed by atoms with E-state index in [0.29, 0.717) is 6.54 Å². The normalized spacial score (nSPS) is 9.93. The van der Waals surface area contributed by atoms with Crippen molar-refractivity contribution in [2.45, 2.75) is 6.92 Å². The lowest BCUT2D eigenvalue weighted by molar-refractivity contribution is 0.302. The summed E-state index contributed by atoms with van der Waals surface area (Å²) >= 11 is 0. The van der Waals surface area contributed by atoms with Gasteiger partial charge in [-0.1, -0.05) is 6.07 Å². The molecule has 0 radical (unpaired) electrons. The molecular weight excluding hydrogens is 178 g/mol. The average molecular weight is 195 g/mol. The fraction of sp³-hybridized carbons (Fsp3) is 0.455. The fourth-order valence-electron chi connectivity index (χ4n) is 1.40. The van der Waals surface area contributed by atoms with Crippen molar-refractivity contribution in [1.29, 1.82) is 0 Å². The van der Waals surface area contributed by atoms with Crippen molar-refractivity contribution in [3.63, 3.8) is 0 Å². The predicted octanol–water partition coefficient (Wildman–Crippen LogP) is 1.51. The lowest BCUT2D eigenvalue weighted by atomic mass is 10.2. The Labute approximate surface area is 84.9 Å². The highest BCUT2D eigenvalue weighted by molar-refractivity contribution is 5.50. The highest BCUT2D eigenvalue weighted by Crippen LogP contribution is 2.20. The number of likely N-dealkylation sites (N-methyl/N-ethyl adjacent to an activating group) is 1. The van der Waals surface area contributed by atoms with Crippen molar-refractivity contribution in [3.8, 4) is 5.75 Å². The molecule has 0 unspecified atom stereocenters. The largest absolute Gasteiger partial charge is 0.497 e. The first-order valence-corrected chi connectivity index (χ1v) is 4.81. The van der Waals surface area contributed by atoms with Crippen molar-refractivity contribution in [1.82, 2.24) is 0 Å². The zero-order valence-corrected chi connectivity index (χ0v) is 8.73. The van der Waals surface area contributed by atoms with Gasteiger partial charge in [-0.25, -0.2) is 0 Å². The Hall–Kier alpha value is -1.22. The summed E-state index contributed by atoms with van der Waals surface area (Å²) in [5.41, 5.74) is 1.08. The van der Waals surface area contributed by atoms with E-state index in [1.54, 1.807) is 7.11 Å². The third-order valence-electron chi connectivity index (χ3n) is 2.17. The summed E-state index contributed by atoms with van der Waals surface area (Å²) < 4.78 is 5.14. The van der Waals surface area contributed by atoms with Crippen LogP contribution in [0.3, 0.4) is 0 Å². The molecule has 0 aliphatic heterocycles. The number of hydrogen-bond acceptors (Lipinski definition) is 3. The van der Waals surface area contributed by atoms with Gasteiger partial charge in [-0.3, -0.25) is 0 Å². The molecule has 0 aliphatic rings. The number of aliphatic hydroxyl groups excluding tert-OH is 1. The summed E-state index contributed by atoms with van der Waals surface area (Å²) in [5.74, 6) is 0.846. The van der Waals surface area contributed by atoms with Crippen LogP contribution in [0.1, 0.15) is 6.92 Å². The molecule has 1 rings (SSSR count). The van der Waals surface area contributed by atoms with Crippen LogP contribution in [0.2, 0.25) is 0 Å². The summed E-state index contributed by atoms with van der Waals surface area (Å²) in [5, 5.41) is 8.88. The summed E-state index contributed by atoms with van der Waals surface area (Å²) in [6, 6.07) is 7.85. The monoisotopic (exact) mass is 195 g/mol. The Balaban J connectivity index is 2.80. The van der Waals surface area contributed by atoms with Gasteiger partial charge in [0.1, 0.15) is 5.75 Å². The van der Waals surface area contributed by atoms with E-state index in [4.69, 9.17) is 9.84 Å². The van der Waals surface area contributed by atoms with E-state index in [2.05, 4.69) is 11.8 Å². The van der Waals surface area contributed by atoms with Gasteiger partial charge >= 0.3 is 0 Å². The summed E-state index contributed by atoms with van der Waals surface area (Å²) in [6.07, 6.45) is 0. The maximum atomic E-state index is 8.88. The highest BCUT2D eigenvalue weighted by Gasteiger charge is 2.03. The van der Waals surface area contributed by atoms with E-state index in [9.17, 15) is 0 Å². The van der Waals surface area contributed by atoms with Crippen molar-refractivity contribution < 1.29 is 9.84 Å². The molecule has 14 heavy (non-hydrogen) atoms. The molecule has 1 aromatic rings. The van der Waals surface area contributed by atoms with Crippen LogP contribution in [0.25, 0.3) is 0 Å². The number of methoxy groups -OCH3 is 1. The molecule has 3 heteroatoms. The molecule has 0 saturated heterocycles. The van der Waals surface area contributed by atoms with Gasteiger partial charge in [0.2, 0.25) is 0 Å². The Bertz CT molecular complexity index is 276. The zero-order valence-electron chi connectivity index (χ0n) is 8.73. The quantitative estimate of drug-likeness (QED) is 0.773. The van der Waals surface area contributed by atoms with Crippen molar-refractivity contribution >= 4 is 5.69 Å². The Morgan fingerprint density at radius 3 is 2.79 bits per heavy atom. The molecule has 3 nitrogen and oxygen atoms in total. The second kappa shape index (κ2) is 5.50. The van der Waals surface area contributed by atoms with Crippen LogP contribution in [-0.4, -0.2) is 31.9 Å². The van der Waals surface area contributed by atoms with E-state index in [1.165, 1.54) is 0 Å². The van der Waals surface area contributed by atoms with E-state index < -0.39 is 0 Å². The van der Waals surface area contributed by atoms with Crippen LogP contribution >= 0.6 is 0 Å². The molecular formula is C11H17NO2. The minimum absolute atomic E-state index is 0.172. The van der Waals surface area contributed by atoms with E-state index in [1.807, 2.05) is 24.3 Å². The number of benzene rings is 1. The van der Waals surface area contributed by atoms with Gasteiger partial charge in [0.05, 0.1) is 13.7 Å². The van der Waals surface area contributed by atoms with Gasteiger partial charge < -0.3 is 14.7 Å². The van der Waals surface area contributed by atoms with Crippen LogP contribution in [0.15, 0.2) is 24.3 Å². The van der Waals surface area contributed by atoms with Crippen LogP contribution in [0.5, 0.6) is 5.75 Å². The highest BCUT2D eigenvalue weighted by atomic mass is 16.5. The maximum absolute atomic E-state index is 8.88. The lowest BCUT2D eigenvalue weighted by Gasteiger charge is -2.22. The topological polar surface area (TPSA) is 32.7 Å². The van der Waals surface area contributed by atoms with Crippen LogP contribution in [-0.2, 0) is 0 Å². The molecule has 0 atom stereocenters. The first-order chi connectivity index (χ1) is 6.81. The third-order valence-corrected chi connectivity index (χ3v) is 2.17. The van der Waals surface area contributed by atoms with E-state index >= 15 is 0 Å². The summed E-state index contributed by atoms with van der Waals surface area (Å²) in [4.78, 5) is 2.10. The van der Waals surface area contributed by atoms with Gasteiger partial charge in [0.25, 0.3) is 0 Å². The number of aliphatic hydroxyl groups is 1. The van der Waals surface area contributed by atoms with Gasteiger partial charge in [-0.05, 0) is 19.1 Å². The van der Waals surface area contributed by atoms with Gasteiger partial charge in [0, 0.05) is 24.8 Å². The first-order valence-electron chi connectivity index (χ1n) is 4.81. The van der Waals surface area contributed by atoms with Crippen molar-refractivity contribution in [2.75, 3.05) is 31.7 Å². The first kappa shape index (κ1) is 10.9. The molecule has 0 heterocycles. The zero-order chi connectivity index (χ0) is 10.4. The SMILES string of the molecule is CCN(CCO)c1cccc(OC)c1. The molecule has 0 bridgehead atoms. The van der Waals surface area contributed by atoms with Gasteiger partial charge in [-0.15, -0.1) is 0 Å². The van der Waals surface area contributed by atoms with Crippen molar-refractivity contribution in [3.05, 3.63) is 24.3 Å². The molecule has 0 amide bonds. The average Bonchev–Trinajstić information content (AvgIpc) is 2.26. The molecule has 0 saturated carbocycles. The lowest BCUT2D eigenvalue weighted by Crippen LogP contribution is -2.25. The smallest absolute Gasteiger partial charge is 0.120 e. The summed E-state index contributed by atoms with van der Waals surface area (Å²) in [7, 11) is 1.65. The molecule has 0 aromatic heterocycles. The number of ether oxygens (including phenoxy) is 1. The number of nitrogens with zero attached hydrogens (tertiary/aromatic N) is 1. The van der Waals surface area contributed by atoms with Crippen molar-refractivity contribution in [2.24, 2.45) is 0 Å². The second-order valence-corrected chi connectivity index (χ2v) is 3.00. The van der Waals surface area contributed by atoms with Gasteiger partial charge in [0.15, 0.2) is 0 Å². The number of anilines is 1. The molecule has 0 aliphatic carbocycles. The predicted molar refractivity (Wildman–Crippen MR) is 58.0 cm³/mol. The minimum Gasteiger partial charge on any atom is -0.497 e. The Kier molecular flexibility index (Phi) is 4.26. The molecule has 0 spiro atoms. The summed E-state index contributed by atoms with van der Waals surface area (Å²) in [6.45, 7) is 3.78. The van der Waals surface area contributed by atoms with E-state index in [0.717, 1.165) is 18.0 Å². The van der Waals surface area contributed by atoms with Crippen LogP contribution < -0.4 is 9.64 Å². The number of rotatable bonds is 5. The molecule has 1 aromatic carbocycles. The second-order valence-electron chi connectivity index (χ2n) is 3.00. The Morgan fingerprint density at radius 1 is 1.43 bits per heavy atom. The maximum Gasteiger partial charge on any atom is 0.120 e. The molecule has 78 valence electrons. The van der Waals surface area contributed by atoms with Crippen LogP contribution in [0, 0.1) is 0 Å². The molecule has 1 N–H and O–H groups in total. The fourth-order valence-corrected chi connectivity index (χ4v) is 1.40. The Morgan fingerprint density at radius 2 is 2.21 bits per heavy atom.